The molecule has 4 nitrogen and oxygen atoms in total. The van der Waals surface area contributed by atoms with Gasteiger partial charge in [0.15, 0.2) is 5.82 Å². The number of hydrogen-bond acceptors (Lipinski definition) is 4. The van der Waals surface area contributed by atoms with E-state index in [9.17, 15) is 13.2 Å². The van der Waals surface area contributed by atoms with Crippen LogP contribution in [0.1, 0.15) is 0 Å². The summed E-state index contributed by atoms with van der Waals surface area (Å²) in [6.07, 6.45) is 3.26. The second kappa shape index (κ2) is 6.55. The fourth-order valence-corrected chi connectivity index (χ4v) is 3.50. The standard InChI is InChI=1S/C22H15F3N4/c23-18-6-2-1-5-16(18)14-7-8-17-19(10-14)27-20(15-4-3-9-26-11-15)28-21(17)29-12-22(24,25)13-29/h1-11H,12-13H2. The summed E-state index contributed by atoms with van der Waals surface area (Å²) in [6, 6.07) is 15.3. The van der Waals surface area contributed by atoms with Crippen molar-refractivity contribution >= 4 is 16.7 Å². The van der Waals surface area contributed by atoms with Gasteiger partial charge in [-0.1, -0.05) is 24.3 Å². The molecule has 29 heavy (non-hydrogen) atoms. The smallest absolute Gasteiger partial charge is 0.282 e. The van der Waals surface area contributed by atoms with Gasteiger partial charge in [-0.3, -0.25) is 4.98 Å². The van der Waals surface area contributed by atoms with E-state index in [0.717, 1.165) is 0 Å². The molecule has 7 heteroatoms. The van der Waals surface area contributed by atoms with E-state index in [1.54, 1.807) is 54.9 Å². The number of rotatable bonds is 3. The number of alkyl halides is 2. The maximum Gasteiger partial charge on any atom is 0.282 e. The predicted octanol–water partition coefficient (Wildman–Crippen LogP) is 4.95. The minimum Gasteiger partial charge on any atom is -0.344 e. The Labute approximate surface area is 164 Å². The van der Waals surface area contributed by atoms with Crippen molar-refractivity contribution in [3.63, 3.8) is 0 Å². The highest BCUT2D eigenvalue weighted by Gasteiger charge is 2.45. The zero-order valence-corrected chi connectivity index (χ0v) is 15.2. The van der Waals surface area contributed by atoms with Gasteiger partial charge < -0.3 is 4.90 Å². The second-order valence-electron chi connectivity index (χ2n) is 7.04. The number of halogens is 3. The normalized spacial score (nSPS) is 15.3. The van der Waals surface area contributed by atoms with Crippen LogP contribution >= 0.6 is 0 Å². The molecule has 1 aliphatic heterocycles. The van der Waals surface area contributed by atoms with Gasteiger partial charge in [-0.25, -0.2) is 23.1 Å². The Bertz CT molecular complexity index is 1200. The largest absolute Gasteiger partial charge is 0.344 e. The first-order chi connectivity index (χ1) is 14.0. The molecule has 0 unspecified atom stereocenters. The van der Waals surface area contributed by atoms with Gasteiger partial charge in [-0.2, -0.15) is 0 Å². The molecule has 0 N–H and O–H groups in total. The lowest BCUT2D eigenvalue weighted by atomic mass is 10.0. The number of anilines is 1. The van der Waals surface area contributed by atoms with E-state index in [1.807, 2.05) is 6.07 Å². The SMILES string of the molecule is Fc1ccccc1-c1ccc2c(N3CC(F)(F)C3)nc(-c3cccnc3)nc2c1. The van der Waals surface area contributed by atoms with E-state index in [-0.39, 0.29) is 18.9 Å². The van der Waals surface area contributed by atoms with Crippen LogP contribution in [0.2, 0.25) is 0 Å². The van der Waals surface area contributed by atoms with Gasteiger partial charge in [0.25, 0.3) is 5.92 Å². The van der Waals surface area contributed by atoms with Gasteiger partial charge >= 0.3 is 0 Å². The first-order valence-corrected chi connectivity index (χ1v) is 9.10. The molecule has 3 heterocycles. The molecule has 5 rings (SSSR count). The molecular formula is C22H15F3N4. The molecule has 0 saturated carbocycles. The lowest BCUT2D eigenvalue weighted by molar-refractivity contribution is -0.0265. The van der Waals surface area contributed by atoms with Crippen LogP contribution in [0.25, 0.3) is 33.4 Å². The molecule has 0 bridgehead atoms. The highest BCUT2D eigenvalue weighted by Crippen LogP contribution is 2.37. The van der Waals surface area contributed by atoms with Gasteiger partial charge in [0, 0.05) is 28.9 Å². The molecular weight excluding hydrogens is 377 g/mol. The van der Waals surface area contributed by atoms with Crippen molar-refractivity contribution in [2.75, 3.05) is 18.0 Å². The Balaban J connectivity index is 1.69. The average Bonchev–Trinajstić information content (AvgIpc) is 2.72. The van der Waals surface area contributed by atoms with Crippen LogP contribution in [0.4, 0.5) is 19.0 Å². The van der Waals surface area contributed by atoms with Crippen LogP contribution in [0, 0.1) is 5.82 Å². The number of pyridine rings is 1. The zero-order chi connectivity index (χ0) is 20.0. The van der Waals surface area contributed by atoms with Crippen LogP contribution in [-0.4, -0.2) is 34.0 Å². The van der Waals surface area contributed by atoms with Gasteiger partial charge in [0.2, 0.25) is 0 Å². The van der Waals surface area contributed by atoms with E-state index in [4.69, 9.17) is 0 Å². The second-order valence-corrected chi connectivity index (χ2v) is 7.04. The Morgan fingerprint density at radius 3 is 2.45 bits per heavy atom. The fraction of sp³-hybridized carbons (Fsp3) is 0.136. The summed E-state index contributed by atoms with van der Waals surface area (Å²) in [4.78, 5) is 14.8. The van der Waals surface area contributed by atoms with Crippen LogP contribution in [0.15, 0.2) is 67.0 Å². The van der Waals surface area contributed by atoms with E-state index < -0.39 is 5.92 Å². The molecule has 0 aliphatic carbocycles. The van der Waals surface area contributed by atoms with Gasteiger partial charge in [0.1, 0.15) is 11.6 Å². The quantitative estimate of drug-likeness (QED) is 0.495. The lowest BCUT2D eigenvalue weighted by Gasteiger charge is -2.40. The molecule has 0 spiro atoms. The zero-order valence-electron chi connectivity index (χ0n) is 15.2. The fourth-order valence-electron chi connectivity index (χ4n) is 3.50. The highest BCUT2D eigenvalue weighted by atomic mass is 19.3. The summed E-state index contributed by atoms with van der Waals surface area (Å²) < 4.78 is 41.2. The predicted molar refractivity (Wildman–Crippen MR) is 105 cm³/mol. The molecule has 0 atom stereocenters. The molecule has 0 radical (unpaired) electrons. The minimum absolute atomic E-state index is 0.337. The van der Waals surface area contributed by atoms with E-state index >= 15 is 0 Å². The Hall–Kier alpha value is -3.48. The molecule has 4 aromatic rings. The van der Waals surface area contributed by atoms with E-state index in [0.29, 0.717) is 39.2 Å². The maximum atomic E-state index is 14.2. The molecule has 2 aromatic carbocycles. The van der Waals surface area contributed by atoms with Gasteiger partial charge in [-0.15, -0.1) is 0 Å². The van der Waals surface area contributed by atoms with Crippen molar-refractivity contribution < 1.29 is 13.2 Å². The first-order valence-electron chi connectivity index (χ1n) is 9.10. The number of benzene rings is 2. The van der Waals surface area contributed by atoms with Crippen molar-refractivity contribution in [2.24, 2.45) is 0 Å². The van der Waals surface area contributed by atoms with Crippen LogP contribution in [0.5, 0.6) is 0 Å². The summed E-state index contributed by atoms with van der Waals surface area (Å²) in [6.45, 7) is -0.776. The summed E-state index contributed by atoms with van der Waals surface area (Å²) in [5.41, 5.74) is 2.35. The Morgan fingerprint density at radius 2 is 1.72 bits per heavy atom. The van der Waals surface area contributed by atoms with E-state index in [1.165, 1.54) is 11.0 Å². The summed E-state index contributed by atoms with van der Waals surface area (Å²) in [5, 5.41) is 0.647. The van der Waals surface area contributed by atoms with Crippen LogP contribution < -0.4 is 4.90 Å². The first kappa shape index (κ1) is 17.6. The summed E-state index contributed by atoms with van der Waals surface area (Å²) in [5.74, 6) is -2.23. The Kier molecular flexibility index (Phi) is 3.97. The monoisotopic (exact) mass is 392 g/mol. The van der Waals surface area contributed by atoms with Crippen LogP contribution in [0.3, 0.4) is 0 Å². The third-order valence-corrected chi connectivity index (χ3v) is 4.93. The Morgan fingerprint density at radius 1 is 0.897 bits per heavy atom. The molecule has 1 aliphatic rings. The van der Waals surface area contributed by atoms with E-state index in [2.05, 4.69) is 15.0 Å². The number of nitrogens with zero attached hydrogens (tertiary/aromatic N) is 4. The van der Waals surface area contributed by atoms with Crippen molar-refractivity contribution in [2.45, 2.75) is 5.92 Å². The minimum atomic E-state index is -2.72. The van der Waals surface area contributed by atoms with Gasteiger partial charge in [-0.05, 0) is 35.9 Å². The van der Waals surface area contributed by atoms with Crippen molar-refractivity contribution in [1.29, 1.82) is 0 Å². The summed E-state index contributed by atoms with van der Waals surface area (Å²) >= 11 is 0. The third-order valence-electron chi connectivity index (χ3n) is 4.93. The van der Waals surface area contributed by atoms with Gasteiger partial charge in [0.05, 0.1) is 18.6 Å². The van der Waals surface area contributed by atoms with Crippen molar-refractivity contribution in [3.05, 3.63) is 72.8 Å². The molecule has 144 valence electrons. The topological polar surface area (TPSA) is 41.9 Å². The lowest BCUT2D eigenvalue weighted by Crippen LogP contribution is -2.56. The summed E-state index contributed by atoms with van der Waals surface area (Å²) in [7, 11) is 0. The highest BCUT2D eigenvalue weighted by molar-refractivity contribution is 5.94. The molecule has 0 amide bonds. The molecule has 1 fully saturated rings. The number of aromatic nitrogens is 3. The maximum absolute atomic E-state index is 14.2. The third kappa shape index (κ3) is 3.18. The number of fused-ring (bicyclic) bond motifs is 1. The molecule has 1 saturated heterocycles. The molecule has 2 aromatic heterocycles. The number of hydrogen-bond donors (Lipinski definition) is 0. The average molecular weight is 392 g/mol. The van der Waals surface area contributed by atoms with Crippen molar-refractivity contribution in [1.82, 2.24) is 15.0 Å². The van der Waals surface area contributed by atoms with Crippen LogP contribution in [-0.2, 0) is 0 Å². The van der Waals surface area contributed by atoms with Crippen molar-refractivity contribution in [3.8, 4) is 22.5 Å².